The molecule has 0 spiro atoms. The number of rotatable bonds is 6. The number of nitrogens with one attached hydrogen (secondary N) is 1. The lowest BCUT2D eigenvalue weighted by Gasteiger charge is -2.32. The van der Waals surface area contributed by atoms with Gasteiger partial charge in [-0.1, -0.05) is 0 Å². The molecule has 1 atom stereocenters. The zero-order valence-electron chi connectivity index (χ0n) is 14.6. The third kappa shape index (κ3) is 3.48. The summed E-state index contributed by atoms with van der Waals surface area (Å²) in [6, 6.07) is 2.62. The molecule has 0 bridgehead atoms. The summed E-state index contributed by atoms with van der Waals surface area (Å²) in [5.74, 6) is 0.235. The maximum absolute atomic E-state index is 12.9. The maximum atomic E-state index is 12.9. The monoisotopic (exact) mass is 379 g/mol. The number of carbonyl (C=O) groups excluding carboxylic acids is 1. The summed E-state index contributed by atoms with van der Waals surface area (Å²) in [7, 11) is -2.13. The minimum absolute atomic E-state index is 0.143. The van der Waals surface area contributed by atoms with Crippen molar-refractivity contribution in [1.82, 2.24) is 24.2 Å². The van der Waals surface area contributed by atoms with Gasteiger partial charge in [-0.25, -0.2) is 13.4 Å². The van der Waals surface area contributed by atoms with Crippen LogP contribution in [0.4, 0.5) is 0 Å². The van der Waals surface area contributed by atoms with Gasteiger partial charge in [-0.2, -0.15) is 4.31 Å². The van der Waals surface area contributed by atoms with Gasteiger partial charge in [0.15, 0.2) is 0 Å². The Morgan fingerprint density at radius 3 is 2.92 bits per heavy atom. The summed E-state index contributed by atoms with van der Waals surface area (Å²) in [5, 5.41) is 2.71. The fourth-order valence-corrected chi connectivity index (χ4v) is 4.45. The predicted molar refractivity (Wildman–Crippen MR) is 93.0 cm³/mol. The van der Waals surface area contributed by atoms with Crippen molar-refractivity contribution in [3.63, 3.8) is 0 Å². The Balaban J connectivity index is 1.82. The van der Waals surface area contributed by atoms with Crippen molar-refractivity contribution < 1.29 is 17.9 Å². The lowest BCUT2D eigenvalue weighted by molar-refractivity contribution is 0.0932. The molecule has 1 aliphatic rings. The number of methoxy groups -OCH3 is 1. The molecule has 2 aromatic heterocycles. The van der Waals surface area contributed by atoms with Crippen LogP contribution in [-0.4, -0.2) is 60.0 Å². The second-order valence-electron chi connectivity index (χ2n) is 5.91. The number of carbonyl (C=O) groups is 1. The molecule has 26 heavy (non-hydrogen) atoms. The standard InChI is InChI=1S/C16H21N5O4S/c1-12-15-19-14(16(22)18-6-9-25-2)11-20(15)7-8-21(12)26(23,24)13-4-3-5-17-10-13/h3-5,10-12H,6-9H2,1-2H3,(H,18,22)/t12-/m1/s1. The number of pyridine rings is 1. The number of hydrogen-bond acceptors (Lipinski definition) is 6. The van der Waals surface area contributed by atoms with Crippen LogP contribution in [0.15, 0.2) is 35.6 Å². The van der Waals surface area contributed by atoms with E-state index in [0.717, 1.165) is 0 Å². The van der Waals surface area contributed by atoms with Gasteiger partial charge < -0.3 is 14.6 Å². The molecule has 1 amide bonds. The quantitative estimate of drug-likeness (QED) is 0.729. The molecule has 0 radical (unpaired) electrons. The summed E-state index contributed by atoms with van der Waals surface area (Å²) < 4.78 is 33.9. The van der Waals surface area contributed by atoms with Crippen molar-refractivity contribution in [2.45, 2.75) is 24.4 Å². The third-order valence-corrected chi connectivity index (χ3v) is 6.19. The summed E-state index contributed by atoms with van der Waals surface area (Å²) in [6.45, 7) is 3.28. The molecule has 0 aliphatic carbocycles. The number of ether oxygens (including phenoxy) is 1. The Hall–Kier alpha value is -2.30. The van der Waals surface area contributed by atoms with Crippen LogP contribution in [0.1, 0.15) is 29.3 Å². The molecular formula is C16H21N5O4S. The second-order valence-corrected chi connectivity index (χ2v) is 7.80. The molecule has 0 saturated carbocycles. The average molecular weight is 379 g/mol. The van der Waals surface area contributed by atoms with Crippen LogP contribution < -0.4 is 5.32 Å². The molecule has 0 aromatic carbocycles. The van der Waals surface area contributed by atoms with Gasteiger partial charge in [0.05, 0.1) is 12.6 Å². The zero-order chi connectivity index (χ0) is 18.7. The topological polar surface area (TPSA) is 106 Å². The van der Waals surface area contributed by atoms with E-state index in [1.54, 1.807) is 26.3 Å². The van der Waals surface area contributed by atoms with Gasteiger partial charge in [-0.05, 0) is 19.1 Å². The molecule has 3 rings (SSSR count). The molecule has 9 nitrogen and oxygen atoms in total. The summed E-state index contributed by atoms with van der Waals surface area (Å²) in [5.41, 5.74) is 0.267. The highest BCUT2D eigenvalue weighted by Crippen LogP contribution is 2.30. The molecule has 1 N–H and O–H groups in total. The van der Waals surface area contributed by atoms with Gasteiger partial charge in [0.25, 0.3) is 5.91 Å². The number of nitrogens with zero attached hydrogens (tertiary/aromatic N) is 4. The molecular weight excluding hydrogens is 358 g/mol. The Bertz CT molecular complexity index is 881. The van der Waals surface area contributed by atoms with Gasteiger partial charge in [0.2, 0.25) is 10.0 Å². The van der Waals surface area contributed by atoms with E-state index in [-0.39, 0.29) is 16.5 Å². The van der Waals surface area contributed by atoms with Crippen molar-refractivity contribution in [2.75, 3.05) is 26.8 Å². The first-order chi connectivity index (χ1) is 12.4. The fourth-order valence-electron chi connectivity index (χ4n) is 2.90. The van der Waals surface area contributed by atoms with Crippen LogP contribution in [0.25, 0.3) is 0 Å². The zero-order valence-corrected chi connectivity index (χ0v) is 15.4. The van der Waals surface area contributed by atoms with Crippen molar-refractivity contribution in [1.29, 1.82) is 0 Å². The van der Waals surface area contributed by atoms with Crippen LogP contribution >= 0.6 is 0 Å². The smallest absolute Gasteiger partial charge is 0.271 e. The molecule has 2 aromatic rings. The van der Waals surface area contributed by atoms with Crippen LogP contribution in [-0.2, 0) is 21.3 Å². The number of amides is 1. The van der Waals surface area contributed by atoms with E-state index in [9.17, 15) is 13.2 Å². The molecule has 0 unspecified atom stereocenters. The third-order valence-electron chi connectivity index (χ3n) is 4.24. The maximum Gasteiger partial charge on any atom is 0.271 e. The van der Waals surface area contributed by atoms with Crippen molar-refractivity contribution in [3.8, 4) is 0 Å². The first-order valence-corrected chi connectivity index (χ1v) is 9.65. The normalized spacial score (nSPS) is 17.7. The van der Waals surface area contributed by atoms with Crippen molar-refractivity contribution >= 4 is 15.9 Å². The minimum Gasteiger partial charge on any atom is -0.383 e. The first-order valence-electron chi connectivity index (χ1n) is 8.21. The lowest BCUT2D eigenvalue weighted by Crippen LogP contribution is -2.41. The summed E-state index contributed by atoms with van der Waals surface area (Å²) in [6.07, 6.45) is 4.51. The molecule has 140 valence electrons. The average Bonchev–Trinajstić information content (AvgIpc) is 3.08. The lowest BCUT2D eigenvalue weighted by atomic mass is 10.2. The first kappa shape index (κ1) is 18.5. The van der Waals surface area contributed by atoms with Gasteiger partial charge in [-0.3, -0.25) is 9.78 Å². The van der Waals surface area contributed by atoms with E-state index >= 15 is 0 Å². The number of sulfonamides is 1. The van der Waals surface area contributed by atoms with E-state index in [4.69, 9.17) is 4.74 Å². The summed E-state index contributed by atoms with van der Waals surface area (Å²) in [4.78, 5) is 20.5. The number of imidazole rings is 1. The minimum atomic E-state index is -3.68. The van der Waals surface area contributed by atoms with Gasteiger partial charge in [0.1, 0.15) is 16.4 Å². The Kier molecular flexibility index (Phi) is 5.35. The SMILES string of the molecule is COCCNC(=O)c1cn2c(n1)[C@@H](C)N(S(=O)(=O)c1cccnc1)CC2. The molecule has 3 heterocycles. The van der Waals surface area contributed by atoms with Crippen LogP contribution in [0.3, 0.4) is 0 Å². The van der Waals surface area contributed by atoms with Gasteiger partial charge in [-0.15, -0.1) is 0 Å². The van der Waals surface area contributed by atoms with Crippen molar-refractivity contribution in [2.24, 2.45) is 0 Å². The van der Waals surface area contributed by atoms with Crippen LogP contribution in [0.2, 0.25) is 0 Å². The molecule has 0 saturated heterocycles. The largest absolute Gasteiger partial charge is 0.383 e. The second kappa shape index (κ2) is 7.52. The fraction of sp³-hybridized carbons (Fsp3) is 0.438. The number of fused-ring (bicyclic) bond motifs is 1. The Labute approximate surface area is 152 Å². The van der Waals surface area contributed by atoms with E-state index in [2.05, 4.69) is 15.3 Å². The highest BCUT2D eigenvalue weighted by atomic mass is 32.2. The number of hydrogen-bond donors (Lipinski definition) is 1. The Morgan fingerprint density at radius 2 is 2.23 bits per heavy atom. The number of aromatic nitrogens is 3. The van der Waals surface area contributed by atoms with Crippen LogP contribution in [0, 0.1) is 0 Å². The van der Waals surface area contributed by atoms with Crippen molar-refractivity contribution in [3.05, 3.63) is 42.2 Å². The highest BCUT2D eigenvalue weighted by molar-refractivity contribution is 7.89. The molecule has 0 fully saturated rings. The molecule has 1 aliphatic heterocycles. The van der Waals surface area contributed by atoms with E-state index in [1.165, 1.54) is 22.8 Å². The predicted octanol–water partition coefficient (Wildman–Crippen LogP) is 0.420. The van der Waals surface area contributed by atoms with Crippen LogP contribution in [0.5, 0.6) is 0 Å². The summed E-state index contributed by atoms with van der Waals surface area (Å²) >= 11 is 0. The van der Waals surface area contributed by atoms with E-state index < -0.39 is 16.1 Å². The highest BCUT2D eigenvalue weighted by Gasteiger charge is 2.36. The van der Waals surface area contributed by atoms with Gasteiger partial charge in [0, 0.05) is 45.3 Å². The van der Waals surface area contributed by atoms with E-state index in [0.29, 0.717) is 32.1 Å². The molecule has 10 heteroatoms. The van der Waals surface area contributed by atoms with E-state index in [1.807, 2.05) is 4.57 Å². The van der Waals surface area contributed by atoms with Gasteiger partial charge >= 0.3 is 0 Å². The Morgan fingerprint density at radius 1 is 1.42 bits per heavy atom.